The Labute approximate surface area is 84.1 Å². The van der Waals surface area contributed by atoms with Crippen molar-refractivity contribution in [3.05, 3.63) is 17.5 Å². The van der Waals surface area contributed by atoms with Gasteiger partial charge in [0.1, 0.15) is 0 Å². The average Bonchev–Trinajstić information content (AvgIpc) is 2.71. The van der Waals surface area contributed by atoms with Gasteiger partial charge in [0.2, 0.25) is 0 Å². The molecule has 0 bridgehead atoms. The first kappa shape index (κ1) is 9.68. The molecule has 1 atom stereocenters. The molecule has 4 nitrogen and oxygen atoms in total. The van der Waals surface area contributed by atoms with Gasteiger partial charge in [-0.1, -0.05) is 0 Å². The summed E-state index contributed by atoms with van der Waals surface area (Å²) in [5.74, 6) is 0.548. The fourth-order valence-corrected chi connectivity index (χ4v) is 2.05. The van der Waals surface area contributed by atoms with Crippen molar-refractivity contribution in [3.63, 3.8) is 0 Å². The summed E-state index contributed by atoms with van der Waals surface area (Å²) in [6, 6.07) is 2.02. The average molecular weight is 195 g/mol. The van der Waals surface area contributed by atoms with Crippen LogP contribution in [0.3, 0.4) is 0 Å². The molecule has 1 N–H and O–H groups in total. The van der Waals surface area contributed by atoms with E-state index >= 15 is 0 Å². The quantitative estimate of drug-likeness (QED) is 0.739. The van der Waals surface area contributed by atoms with E-state index in [1.807, 2.05) is 13.1 Å². The van der Waals surface area contributed by atoms with Crippen LogP contribution >= 0.6 is 0 Å². The van der Waals surface area contributed by atoms with Gasteiger partial charge in [0, 0.05) is 19.5 Å². The Morgan fingerprint density at radius 1 is 1.57 bits per heavy atom. The van der Waals surface area contributed by atoms with Crippen molar-refractivity contribution < 1.29 is 5.11 Å². The maximum absolute atomic E-state index is 9.06. The van der Waals surface area contributed by atoms with Crippen LogP contribution < -0.4 is 0 Å². The molecule has 1 unspecified atom stereocenters. The van der Waals surface area contributed by atoms with Crippen LogP contribution in [0, 0.1) is 0 Å². The predicted molar refractivity (Wildman–Crippen MR) is 54.0 cm³/mol. The number of hydrogen-bond donors (Lipinski definition) is 1. The molecule has 1 fully saturated rings. The Balaban J connectivity index is 2.16. The summed E-state index contributed by atoms with van der Waals surface area (Å²) in [5, 5.41) is 13.5. The zero-order valence-corrected chi connectivity index (χ0v) is 8.77. The predicted octanol–water partition coefficient (Wildman–Crippen LogP) is 0.331. The summed E-state index contributed by atoms with van der Waals surface area (Å²) in [5.41, 5.74) is 2.02. The molecule has 1 aromatic heterocycles. The lowest BCUT2D eigenvalue weighted by Crippen LogP contribution is -2.13. The largest absolute Gasteiger partial charge is 0.390 e. The van der Waals surface area contributed by atoms with E-state index in [-0.39, 0.29) is 6.61 Å². The Morgan fingerprint density at radius 3 is 2.86 bits per heavy atom. The molecular weight excluding hydrogens is 178 g/mol. The Hall–Kier alpha value is -0.870. The molecule has 2 heterocycles. The number of likely N-dealkylation sites (N-methyl/N-ethyl adjacent to an activating group) is 1. The van der Waals surface area contributed by atoms with Crippen LogP contribution in [0.25, 0.3) is 0 Å². The fraction of sp³-hybridized carbons (Fsp3) is 0.700. The van der Waals surface area contributed by atoms with Crippen molar-refractivity contribution in [1.29, 1.82) is 0 Å². The van der Waals surface area contributed by atoms with E-state index in [4.69, 9.17) is 5.11 Å². The number of rotatable bonds is 2. The molecule has 1 saturated heterocycles. The molecule has 1 aromatic rings. The number of aliphatic hydroxyl groups is 1. The number of hydrogen-bond acceptors (Lipinski definition) is 3. The molecule has 2 rings (SSSR count). The third-order valence-corrected chi connectivity index (χ3v) is 2.97. The molecule has 0 radical (unpaired) electrons. The summed E-state index contributed by atoms with van der Waals surface area (Å²) < 4.78 is 1.77. The summed E-state index contributed by atoms with van der Waals surface area (Å²) in [4.78, 5) is 2.32. The van der Waals surface area contributed by atoms with Gasteiger partial charge in [0.05, 0.1) is 18.0 Å². The third-order valence-electron chi connectivity index (χ3n) is 2.97. The SMILES string of the molecule is CN1CCC(c2cc(CO)n(C)n2)C1. The molecule has 1 aliphatic rings. The van der Waals surface area contributed by atoms with Gasteiger partial charge in [-0.25, -0.2) is 0 Å². The summed E-state index contributed by atoms with van der Waals surface area (Å²) >= 11 is 0. The molecule has 1 aliphatic heterocycles. The monoisotopic (exact) mass is 195 g/mol. The molecule has 4 heteroatoms. The molecule has 0 spiro atoms. The highest BCUT2D eigenvalue weighted by Crippen LogP contribution is 2.25. The number of nitrogens with zero attached hydrogens (tertiary/aromatic N) is 3. The smallest absolute Gasteiger partial charge is 0.0849 e. The third kappa shape index (κ3) is 1.67. The standard InChI is InChI=1S/C10H17N3O/c1-12-4-3-8(6-12)10-5-9(7-14)13(2)11-10/h5,8,14H,3-4,6-7H2,1-2H3. The second-order valence-corrected chi connectivity index (χ2v) is 4.09. The minimum atomic E-state index is 0.0755. The van der Waals surface area contributed by atoms with Crippen molar-refractivity contribution in [3.8, 4) is 0 Å². The van der Waals surface area contributed by atoms with Crippen molar-refractivity contribution in [2.45, 2.75) is 18.9 Å². The van der Waals surface area contributed by atoms with E-state index in [0.29, 0.717) is 5.92 Å². The first-order valence-electron chi connectivity index (χ1n) is 5.03. The van der Waals surface area contributed by atoms with Crippen LogP contribution in [0.15, 0.2) is 6.07 Å². The Bertz CT molecular complexity index is 321. The van der Waals surface area contributed by atoms with Crippen LogP contribution in [0.4, 0.5) is 0 Å². The molecule has 14 heavy (non-hydrogen) atoms. The lowest BCUT2D eigenvalue weighted by molar-refractivity contribution is 0.270. The molecule has 0 aliphatic carbocycles. The lowest BCUT2D eigenvalue weighted by atomic mass is 10.1. The second-order valence-electron chi connectivity index (χ2n) is 4.09. The number of aliphatic hydroxyl groups excluding tert-OH is 1. The van der Waals surface area contributed by atoms with Gasteiger partial charge in [0.25, 0.3) is 0 Å². The van der Waals surface area contributed by atoms with E-state index in [1.165, 1.54) is 6.42 Å². The van der Waals surface area contributed by atoms with E-state index in [9.17, 15) is 0 Å². The molecular formula is C10H17N3O. The normalized spacial score (nSPS) is 23.2. The van der Waals surface area contributed by atoms with Gasteiger partial charge in [-0.3, -0.25) is 4.68 Å². The lowest BCUT2D eigenvalue weighted by Gasteiger charge is -2.06. The Morgan fingerprint density at radius 2 is 2.36 bits per heavy atom. The number of aromatic nitrogens is 2. The molecule has 0 amide bonds. The minimum Gasteiger partial charge on any atom is -0.390 e. The zero-order chi connectivity index (χ0) is 10.1. The highest BCUT2D eigenvalue weighted by atomic mass is 16.3. The number of likely N-dealkylation sites (tertiary alicyclic amines) is 1. The highest BCUT2D eigenvalue weighted by Gasteiger charge is 2.23. The van der Waals surface area contributed by atoms with Crippen molar-refractivity contribution in [2.75, 3.05) is 20.1 Å². The van der Waals surface area contributed by atoms with E-state index in [2.05, 4.69) is 17.0 Å². The number of aryl methyl sites for hydroxylation is 1. The summed E-state index contributed by atoms with van der Waals surface area (Å²) in [6.45, 7) is 2.31. The topological polar surface area (TPSA) is 41.3 Å². The maximum Gasteiger partial charge on any atom is 0.0849 e. The minimum absolute atomic E-state index is 0.0755. The summed E-state index contributed by atoms with van der Waals surface area (Å²) in [7, 11) is 4.02. The van der Waals surface area contributed by atoms with E-state index < -0.39 is 0 Å². The van der Waals surface area contributed by atoms with E-state index in [0.717, 1.165) is 24.5 Å². The van der Waals surface area contributed by atoms with Crippen LogP contribution in [-0.4, -0.2) is 39.9 Å². The van der Waals surface area contributed by atoms with Crippen molar-refractivity contribution >= 4 is 0 Å². The summed E-state index contributed by atoms with van der Waals surface area (Å²) in [6.07, 6.45) is 1.18. The fourth-order valence-electron chi connectivity index (χ4n) is 2.05. The van der Waals surface area contributed by atoms with Crippen molar-refractivity contribution in [1.82, 2.24) is 14.7 Å². The van der Waals surface area contributed by atoms with Crippen LogP contribution in [-0.2, 0) is 13.7 Å². The van der Waals surface area contributed by atoms with Gasteiger partial charge in [-0.05, 0) is 26.1 Å². The van der Waals surface area contributed by atoms with Gasteiger partial charge in [0.15, 0.2) is 0 Å². The molecule has 0 saturated carbocycles. The van der Waals surface area contributed by atoms with Crippen molar-refractivity contribution in [2.24, 2.45) is 7.05 Å². The first-order chi connectivity index (χ1) is 6.70. The van der Waals surface area contributed by atoms with Gasteiger partial charge in [-0.2, -0.15) is 5.10 Å². The zero-order valence-electron chi connectivity index (χ0n) is 8.77. The van der Waals surface area contributed by atoms with Crippen LogP contribution in [0.1, 0.15) is 23.7 Å². The molecule has 0 aromatic carbocycles. The van der Waals surface area contributed by atoms with Gasteiger partial charge >= 0.3 is 0 Å². The Kier molecular flexibility index (Phi) is 2.56. The van der Waals surface area contributed by atoms with Crippen LogP contribution in [0.5, 0.6) is 0 Å². The van der Waals surface area contributed by atoms with E-state index in [1.54, 1.807) is 4.68 Å². The first-order valence-corrected chi connectivity index (χ1v) is 5.03. The maximum atomic E-state index is 9.06. The van der Waals surface area contributed by atoms with Crippen LogP contribution in [0.2, 0.25) is 0 Å². The highest BCUT2D eigenvalue weighted by molar-refractivity contribution is 5.15. The molecule has 78 valence electrons. The van der Waals surface area contributed by atoms with Gasteiger partial charge in [-0.15, -0.1) is 0 Å². The second kappa shape index (κ2) is 3.71. The van der Waals surface area contributed by atoms with Gasteiger partial charge < -0.3 is 10.0 Å².